The van der Waals surface area contributed by atoms with Crippen molar-refractivity contribution in [3.8, 4) is 0 Å². The molecule has 1 aromatic heterocycles. The first kappa shape index (κ1) is 14.1. The van der Waals surface area contributed by atoms with E-state index in [1.165, 1.54) is 29.2 Å². The highest BCUT2D eigenvalue weighted by atomic mass is 32.2. The zero-order valence-electron chi connectivity index (χ0n) is 10.5. The van der Waals surface area contributed by atoms with Crippen LogP contribution in [0.1, 0.15) is 17.4 Å². The van der Waals surface area contributed by atoms with Crippen LogP contribution < -0.4 is 4.90 Å². The molecule has 5 nitrogen and oxygen atoms in total. The van der Waals surface area contributed by atoms with Gasteiger partial charge in [-0.2, -0.15) is 0 Å². The minimum absolute atomic E-state index is 0.137. The zero-order chi connectivity index (χ0) is 13.8. The van der Waals surface area contributed by atoms with Crippen LogP contribution >= 0.6 is 23.1 Å². The van der Waals surface area contributed by atoms with Crippen LogP contribution in [0.2, 0.25) is 0 Å². The number of hydrogen-bond acceptors (Lipinski definition) is 7. The van der Waals surface area contributed by atoms with Gasteiger partial charge in [-0.3, -0.25) is 4.79 Å². The van der Waals surface area contributed by atoms with E-state index in [1.54, 1.807) is 12.3 Å². The van der Waals surface area contributed by atoms with Gasteiger partial charge in [0.05, 0.1) is 0 Å². The molecule has 0 aliphatic carbocycles. The topological polar surface area (TPSA) is 59.5 Å². The van der Waals surface area contributed by atoms with Gasteiger partial charge in [-0.25, -0.2) is 9.78 Å². The number of carbonyl (C=O) groups is 2. The van der Waals surface area contributed by atoms with E-state index in [9.17, 15) is 9.59 Å². The van der Waals surface area contributed by atoms with Crippen molar-refractivity contribution < 1.29 is 14.3 Å². The maximum Gasteiger partial charge on any atom is 0.358 e. The summed E-state index contributed by atoms with van der Waals surface area (Å²) in [4.78, 5) is 28.8. The summed E-state index contributed by atoms with van der Waals surface area (Å²) in [7, 11) is 0. The first-order valence-electron chi connectivity index (χ1n) is 5.76. The second-order valence-corrected chi connectivity index (χ2v) is 6.35. The van der Waals surface area contributed by atoms with Crippen LogP contribution in [0.3, 0.4) is 0 Å². The molecule has 2 rings (SSSR count). The van der Waals surface area contributed by atoms with Gasteiger partial charge in [0.1, 0.15) is 6.61 Å². The molecule has 0 bridgehead atoms. The summed E-state index contributed by atoms with van der Waals surface area (Å²) >= 11 is 2.77. The molecule has 0 spiro atoms. The molecule has 0 N–H and O–H groups in total. The molecule has 2 heterocycles. The third-order valence-corrected chi connectivity index (χ3v) is 4.35. The Hall–Kier alpha value is -1.34. The van der Waals surface area contributed by atoms with Gasteiger partial charge in [-0.1, -0.05) is 24.4 Å². The smallest absolute Gasteiger partial charge is 0.358 e. The van der Waals surface area contributed by atoms with E-state index < -0.39 is 5.97 Å². The van der Waals surface area contributed by atoms with E-state index in [0.717, 1.165) is 18.2 Å². The number of rotatable bonds is 5. The lowest BCUT2D eigenvalue weighted by molar-refractivity contribution is -0.109. The van der Waals surface area contributed by atoms with Crippen molar-refractivity contribution in [2.24, 2.45) is 0 Å². The van der Waals surface area contributed by atoms with Crippen molar-refractivity contribution in [2.45, 2.75) is 12.2 Å². The predicted molar refractivity (Wildman–Crippen MR) is 76.9 cm³/mol. The number of anilines is 1. The first-order chi connectivity index (χ1) is 9.10. The second kappa shape index (κ2) is 6.21. The normalized spacial score (nSPS) is 14.9. The van der Waals surface area contributed by atoms with E-state index in [0.29, 0.717) is 10.9 Å². The van der Waals surface area contributed by atoms with E-state index >= 15 is 0 Å². The zero-order valence-corrected chi connectivity index (χ0v) is 12.1. The van der Waals surface area contributed by atoms with Gasteiger partial charge >= 0.3 is 5.97 Å². The summed E-state index contributed by atoms with van der Waals surface area (Å²) in [5.74, 6) is -0.433. The average Bonchev–Trinajstić information content (AvgIpc) is 2.79. The van der Waals surface area contributed by atoms with Gasteiger partial charge < -0.3 is 9.64 Å². The van der Waals surface area contributed by atoms with Crippen molar-refractivity contribution >= 4 is 39.3 Å². The highest BCUT2D eigenvalue weighted by Gasteiger charge is 2.30. The quantitative estimate of drug-likeness (QED) is 0.612. The maximum absolute atomic E-state index is 11.6. The Morgan fingerprint density at radius 1 is 1.68 bits per heavy atom. The molecule has 1 fully saturated rings. The van der Waals surface area contributed by atoms with E-state index in [-0.39, 0.29) is 11.7 Å². The third-order valence-electron chi connectivity index (χ3n) is 2.48. The molecule has 7 heteroatoms. The predicted octanol–water partition coefficient (Wildman–Crippen LogP) is 1.95. The number of nitrogens with zero attached hydrogens (tertiary/aromatic N) is 2. The number of hydrogen-bond donors (Lipinski definition) is 0. The van der Waals surface area contributed by atoms with Crippen molar-refractivity contribution in [1.82, 2.24) is 4.98 Å². The van der Waals surface area contributed by atoms with Gasteiger partial charge in [0, 0.05) is 30.6 Å². The molecule has 0 aromatic carbocycles. The Bertz CT molecular complexity index is 495. The van der Waals surface area contributed by atoms with Crippen molar-refractivity contribution in [1.29, 1.82) is 0 Å². The Kier molecular flexibility index (Phi) is 4.60. The van der Waals surface area contributed by atoms with Crippen LogP contribution in [0.4, 0.5) is 5.13 Å². The van der Waals surface area contributed by atoms with Crippen LogP contribution in [-0.4, -0.2) is 41.0 Å². The van der Waals surface area contributed by atoms with Crippen LogP contribution in [0.25, 0.3) is 0 Å². The molecule has 0 amide bonds. The van der Waals surface area contributed by atoms with Gasteiger partial charge in [0.15, 0.2) is 15.9 Å². The fourth-order valence-electron chi connectivity index (χ4n) is 1.62. The van der Waals surface area contributed by atoms with E-state index in [4.69, 9.17) is 4.74 Å². The minimum atomic E-state index is -0.433. The molecule has 0 saturated carbocycles. The standard InChI is InChI=1S/C12H14N2O3S2/c1-3-4-17-11(16)10-7-18-12(13-10)14-5-9(6-14)19-8(2)15/h3,7,9H,1,4-6H2,2H3. The molecule has 1 aromatic rings. The summed E-state index contributed by atoms with van der Waals surface area (Å²) in [5, 5.41) is 2.95. The van der Waals surface area contributed by atoms with Crippen LogP contribution in [-0.2, 0) is 9.53 Å². The highest BCUT2D eigenvalue weighted by Crippen LogP contribution is 2.30. The molecule has 102 valence electrons. The lowest BCUT2D eigenvalue weighted by Gasteiger charge is -2.37. The summed E-state index contributed by atoms with van der Waals surface area (Å²) in [6.07, 6.45) is 1.52. The number of ether oxygens (including phenoxy) is 1. The van der Waals surface area contributed by atoms with E-state index in [2.05, 4.69) is 16.5 Å². The Morgan fingerprint density at radius 3 is 3.05 bits per heavy atom. The number of thioether (sulfide) groups is 1. The molecular formula is C12H14N2O3S2. The summed E-state index contributed by atoms with van der Waals surface area (Å²) in [6, 6.07) is 0. The van der Waals surface area contributed by atoms with Crippen LogP contribution in [0.5, 0.6) is 0 Å². The number of carbonyl (C=O) groups excluding carboxylic acids is 2. The third kappa shape index (κ3) is 3.57. The minimum Gasteiger partial charge on any atom is -0.457 e. The fraction of sp³-hybridized carbons (Fsp3) is 0.417. The van der Waals surface area contributed by atoms with Gasteiger partial charge in [0.25, 0.3) is 0 Å². The molecule has 19 heavy (non-hydrogen) atoms. The largest absolute Gasteiger partial charge is 0.457 e. The monoisotopic (exact) mass is 298 g/mol. The molecule has 0 radical (unpaired) electrons. The summed E-state index contributed by atoms with van der Waals surface area (Å²) in [5.41, 5.74) is 0.324. The average molecular weight is 298 g/mol. The molecule has 1 saturated heterocycles. The molecular weight excluding hydrogens is 284 g/mol. The summed E-state index contributed by atoms with van der Waals surface area (Å²) in [6.45, 7) is 6.82. The van der Waals surface area contributed by atoms with Crippen molar-refractivity contribution in [3.05, 3.63) is 23.7 Å². The van der Waals surface area contributed by atoms with Crippen molar-refractivity contribution in [2.75, 3.05) is 24.6 Å². The first-order valence-corrected chi connectivity index (χ1v) is 7.51. The number of aromatic nitrogens is 1. The SMILES string of the molecule is C=CCOC(=O)c1csc(N2CC(SC(C)=O)C2)n1. The Balaban J connectivity index is 1.87. The molecule has 0 unspecified atom stereocenters. The molecule has 1 aliphatic heterocycles. The lowest BCUT2D eigenvalue weighted by Crippen LogP contribution is -2.49. The molecule has 1 aliphatic rings. The highest BCUT2D eigenvalue weighted by molar-refractivity contribution is 8.14. The number of thiazole rings is 1. The lowest BCUT2D eigenvalue weighted by atomic mass is 10.2. The number of esters is 1. The molecule has 0 atom stereocenters. The Morgan fingerprint density at radius 2 is 2.42 bits per heavy atom. The van der Waals surface area contributed by atoms with Gasteiger partial charge in [0.2, 0.25) is 0 Å². The van der Waals surface area contributed by atoms with Gasteiger partial charge in [-0.15, -0.1) is 11.3 Å². The van der Waals surface area contributed by atoms with Crippen LogP contribution in [0.15, 0.2) is 18.0 Å². The Labute approximate surface area is 119 Å². The summed E-state index contributed by atoms with van der Waals surface area (Å²) < 4.78 is 4.92. The van der Waals surface area contributed by atoms with E-state index in [1.807, 2.05) is 0 Å². The van der Waals surface area contributed by atoms with Crippen molar-refractivity contribution in [3.63, 3.8) is 0 Å². The van der Waals surface area contributed by atoms with Crippen LogP contribution in [0, 0.1) is 0 Å². The fourth-order valence-corrected chi connectivity index (χ4v) is 3.41. The van der Waals surface area contributed by atoms with Gasteiger partial charge in [-0.05, 0) is 0 Å². The second-order valence-electron chi connectivity index (χ2n) is 4.04. The maximum atomic E-state index is 11.6.